The van der Waals surface area contributed by atoms with Crippen molar-refractivity contribution in [2.45, 2.75) is 6.92 Å². The summed E-state index contributed by atoms with van der Waals surface area (Å²) in [5, 5.41) is 2.85. The lowest BCUT2D eigenvalue weighted by atomic mass is 10.2. The van der Waals surface area contributed by atoms with Gasteiger partial charge in [0, 0.05) is 17.9 Å². The summed E-state index contributed by atoms with van der Waals surface area (Å²) in [4.78, 5) is 14.1. The molecule has 0 bridgehead atoms. The highest BCUT2D eigenvalue weighted by molar-refractivity contribution is 6.02. The summed E-state index contributed by atoms with van der Waals surface area (Å²) in [6.07, 6.45) is 0. The van der Waals surface area contributed by atoms with Crippen LogP contribution < -0.4 is 20.7 Å². The van der Waals surface area contributed by atoms with Gasteiger partial charge in [0.2, 0.25) is 0 Å². The van der Waals surface area contributed by atoms with Gasteiger partial charge >= 0.3 is 6.03 Å². The normalized spacial score (nSPS) is 10.0. The average Bonchev–Trinajstić information content (AvgIpc) is 2.48. The van der Waals surface area contributed by atoms with Crippen LogP contribution in [0.25, 0.3) is 0 Å². The van der Waals surface area contributed by atoms with Crippen molar-refractivity contribution in [2.24, 2.45) is 0 Å². The van der Waals surface area contributed by atoms with Crippen molar-refractivity contribution < 1.29 is 9.53 Å². The number of para-hydroxylation sites is 2. The standard InChI is InChI=1S/C16H19N3O2/c1-3-19(13-8-6-7-12(17)11-13)16(20)18-14-9-4-5-10-15(14)21-2/h4-11H,3,17H2,1-2H3,(H,18,20). The summed E-state index contributed by atoms with van der Waals surface area (Å²) in [5.41, 5.74) is 7.78. The van der Waals surface area contributed by atoms with Crippen LogP contribution in [-0.4, -0.2) is 19.7 Å². The largest absolute Gasteiger partial charge is 0.495 e. The number of amides is 2. The van der Waals surface area contributed by atoms with Gasteiger partial charge in [-0.15, -0.1) is 0 Å². The number of hydrogen-bond donors (Lipinski definition) is 2. The van der Waals surface area contributed by atoms with Gasteiger partial charge < -0.3 is 15.8 Å². The van der Waals surface area contributed by atoms with E-state index in [-0.39, 0.29) is 6.03 Å². The molecule has 0 saturated carbocycles. The molecule has 0 aliphatic rings. The molecule has 2 aromatic rings. The molecule has 0 radical (unpaired) electrons. The zero-order chi connectivity index (χ0) is 15.2. The smallest absolute Gasteiger partial charge is 0.326 e. The summed E-state index contributed by atoms with van der Waals surface area (Å²) in [5.74, 6) is 0.620. The van der Waals surface area contributed by atoms with Crippen molar-refractivity contribution in [2.75, 3.05) is 29.6 Å². The van der Waals surface area contributed by atoms with E-state index in [2.05, 4.69) is 5.32 Å². The molecule has 0 heterocycles. The quantitative estimate of drug-likeness (QED) is 0.847. The first-order valence-electron chi connectivity index (χ1n) is 6.72. The van der Waals surface area contributed by atoms with Crippen LogP contribution in [0.4, 0.5) is 21.9 Å². The molecule has 0 aromatic heterocycles. The SMILES string of the molecule is CCN(C(=O)Nc1ccccc1OC)c1cccc(N)c1. The molecule has 2 aromatic carbocycles. The van der Waals surface area contributed by atoms with E-state index in [9.17, 15) is 4.79 Å². The van der Waals surface area contributed by atoms with Crippen LogP contribution in [0.2, 0.25) is 0 Å². The van der Waals surface area contributed by atoms with Crippen molar-refractivity contribution in [1.29, 1.82) is 0 Å². The Labute approximate surface area is 124 Å². The van der Waals surface area contributed by atoms with E-state index in [1.165, 1.54) is 0 Å². The number of nitrogens with zero attached hydrogens (tertiary/aromatic N) is 1. The lowest BCUT2D eigenvalue weighted by Crippen LogP contribution is -2.34. The molecular formula is C16H19N3O2. The Balaban J connectivity index is 2.21. The van der Waals surface area contributed by atoms with Gasteiger partial charge in [-0.25, -0.2) is 4.79 Å². The van der Waals surface area contributed by atoms with Gasteiger partial charge in [0.15, 0.2) is 0 Å². The molecule has 0 fully saturated rings. The number of rotatable bonds is 4. The Hall–Kier alpha value is -2.69. The fraction of sp³-hybridized carbons (Fsp3) is 0.188. The first-order chi connectivity index (χ1) is 10.2. The van der Waals surface area contributed by atoms with Crippen molar-refractivity contribution in [3.05, 3.63) is 48.5 Å². The summed E-state index contributed by atoms with van der Waals surface area (Å²) in [6.45, 7) is 2.44. The molecular weight excluding hydrogens is 266 g/mol. The number of nitrogens with one attached hydrogen (secondary N) is 1. The molecule has 21 heavy (non-hydrogen) atoms. The molecule has 2 rings (SSSR count). The average molecular weight is 285 g/mol. The Morgan fingerprint density at radius 3 is 2.67 bits per heavy atom. The van der Waals surface area contributed by atoms with Crippen LogP contribution in [0.3, 0.4) is 0 Å². The van der Waals surface area contributed by atoms with Gasteiger partial charge in [-0.1, -0.05) is 18.2 Å². The molecule has 5 nitrogen and oxygen atoms in total. The van der Waals surface area contributed by atoms with Gasteiger partial charge in [-0.3, -0.25) is 4.90 Å². The van der Waals surface area contributed by atoms with Gasteiger partial charge in [0.1, 0.15) is 5.75 Å². The number of carbonyl (C=O) groups is 1. The second kappa shape index (κ2) is 6.65. The van der Waals surface area contributed by atoms with E-state index in [1.807, 2.05) is 31.2 Å². The number of carbonyl (C=O) groups excluding carboxylic acids is 1. The van der Waals surface area contributed by atoms with Gasteiger partial charge in [-0.05, 0) is 37.3 Å². The molecule has 0 atom stereocenters. The number of ether oxygens (including phenoxy) is 1. The second-order valence-corrected chi connectivity index (χ2v) is 4.47. The molecule has 0 aliphatic heterocycles. The number of urea groups is 1. The van der Waals surface area contributed by atoms with E-state index >= 15 is 0 Å². The maximum Gasteiger partial charge on any atom is 0.326 e. The third-order valence-electron chi connectivity index (χ3n) is 3.09. The summed E-state index contributed by atoms with van der Waals surface area (Å²) in [6, 6.07) is 14.3. The van der Waals surface area contributed by atoms with Crippen LogP contribution in [0.5, 0.6) is 5.75 Å². The van der Waals surface area contributed by atoms with Crippen LogP contribution in [0.1, 0.15) is 6.92 Å². The summed E-state index contributed by atoms with van der Waals surface area (Å²) < 4.78 is 5.23. The minimum Gasteiger partial charge on any atom is -0.495 e. The van der Waals surface area contributed by atoms with Crippen LogP contribution in [0, 0.1) is 0 Å². The molecule has 3 N–H and O–H groups in total. The number of nitrogens with two attached hydrogens (primary N) is 1. The minimum absolute atomic E-state index is 0.229. The fourth-order valence-electron chi connectivity index (χ4n) is 2.07. The molecule has 0 saturated heterocycles. The zero-order valence-corrected chi connectivity index (χ0v) is 12.2. The number of benzene rings is 2. The highest BCUT2D eigenvalue weighted by Gasteiger charge is 2.15. The van der Waals surface area contributed by atoms with Crippen LogP contribution in [0.15, 0.2) is 48.5 Å². The molecule has 0 aliphatic carbocycles. The predicted octanol–water partition coefficient (Wildman–Crippen LogP) is 3.34. The lowest BCUT2D eigenvalue weighted by Gasteiger charge is -2.22. The monoisotopic (exact) mass is 285 g/mol. The number of hydrogen-bond acceptors (Lipinski definition) is 3. The van der Waals surface area contributed by atoms with E-state index in [0.717, 1.165) is 5.69 Å². The number of nitrogen functional groups attached to an aromatic ring is 1. The van der Waals surface area contributed by atoms with E-state index in [1.54, 1.807) is 36.3 Å². The minimum atomic E-state index is -0.229. The maximum absolute atomic E-state index is 12.4. The molecule has 110 valence electrons. The fourth-order valence-corrected chi connectivity index (χ4v) is 2.07. The highest BCUT2D eigenvalue weighted by Crippen LogP contribution is 2.24. The molecule has 0 spiro atoms. The lowest BCUT2D eigenvalue weighted by molar-refractivity contribution is 0.257. The van der Waals surface area contributed by atoms with Crippen molar-refractivity contribution >= 4 is 23.1 Å². The zero-order valence-electron chi connectivity index (χ0n) is 12.2. The van der Waals surface area contributed by atoms with Crippen LogP contribution >= 0.6 is 0 Å². The number of methoxy groups -OCH3 is 1. The van der Waals surface area contributed by atoms with Gasteiger partial charge in [0.25, 0.3) is 0 Å². The summed E-state index contributed by atoms with van der Waals surface area (Å²) >= 11 is 0. The maximum atomic E-state index is 12.4. The van der Waals surface area contributed by atoms with Crippen LogP contribution in [-0.2, 0) is 0 Å². The van der Waals surface area contributed by atoms with Gasteiger partial charge in [0.05, 0.1) is 12.8 Å². The highest BCUT2D eigenvalue weighted by atomic mass is 16.5. The van der Waals surface area contributed by atoms with Crippen molar-refractivity contribution in [1.82, 2.24) is 0 Å². The van der Waals surface area contributed by atoms with Crippen molar-refractivity contribution in [3.63, 3.8) is 0 Å². The van der Waals surface area contributed by atoms with E-state index in [0.29, 0.717) is 23.7 Å². The Kier molecular flexibility index (Phi) is 4.66. The van der Waals surface area contributed by atoms with E-state index in [4.69, 9.17) is 10.5 Å². The summed E-state index contributed by atoms with van der Waals surface area (Å²) in [7, 11) is 1.57. The first-order valence-corrected chi connectivity index (χ1v) is 6.72. The number of anilines is 3. The Morgan fingerprint density at radius 2 is 2.00 bits per heavy atom. The Morgan fingerprint density at radius 1 is 1.24 bits per heavy atom. The Bertz CT molecular complexity index is 628. The molecule has 2 amide bonds. The third kappa shape index (κ3) is 3.45. The van der Waals surface area contributed by atoms with E-state index < -0.39 is 0 Å². The molecule has 0 unspecified atom stereocenters. The molecule has 5 heteroatoms. The third-order valence-corrected chi connectivity index (χ3v) is 3.09. The first kappa shape index (κ1) is 14.7. The van der Waals surface area contributed by atoms with Gasteiger partial charge in [-0.2, -0.15) is 0 Å². The van der Waals surface area contributed by atoms with Crippen molar-refractivity contribution in [3.8, 4) is 5.75 Å². The topological polar surface area (TPSA) is 67.6 Å². The second-order valence-electron chi connectivity index (χ2n) is 4.47. The predicted molar refractivity (Wildman–Crippen MR) is 85.9 cm³/mol.